The van der Waals surface area contributed by atoms with E-state index in [0.29, 0.717) is 5.56 Å². The van der Waals surface area contributed by atoms with Crippen LogP contribution in [-0.4, -0.2) is 19.0 Å². The number of anilines is 1. The molecule has 1 fully saturated rings. The van der Waals surface area contributed by atoms with Gasteiger partial charge in [0.05, 0.1) is 5.56 Å². The van der Waals surface area contributed by atoms with Crippen molar-refractivity contribution in [3.8, 4) is 6.07 Å². The van der Waals surface area contributed by atoms with Crippen LogP contribution in [0, 0.1) is 11.3 Å². The van der Waals surface area contributed by atoms with Crippen LogP contribution in [0.4, 0.5) is 5.00 Å². The first kappa shape index (κ1) is 14.3. The number of carbonyl (C=O) groups excluding carboxylic acids is 1. The van der Waals surface area contributed by atoms with Gasteiger partial charge in [-0.1, -0.05) is 6.42 Å². The van der Waals surface area contributed by atoms with Crippen LogP contribution in [0.1, 0.15) is 42.2 Å². The number of hydrogen-bond acceptors (Lipinski definition) is 4. The Kier molecular flexibility index (Phi) is 4.09. The third-order valence-electron chi connectivity index (χ3n) is 4.31. The molecule has 0 aromatic carbocycles. The van der Waals surface area contributed by atoms with Crippen LogP contribution in [0.25, 0.3) is 0 Å². The lowest BCUT2D eigenvalue weighted by molar-refractivity contribution is -0.112. The van der Waals surface area contributed by atoms with Crippen molar-refractivity contribution in [1.29, 1.82) is 5.26 Å². The maximum Gasteiger partial charge on any atom is 0.251 e. The summed E-state index contributed by atoms with van der Waals surface area (Å²) >= 11 is 1.59. The summed E-state index contributed by atoms with van der Waals surface area (Å²) in [6, 6.07) is 2.30. The average Bonchev–Trinajstić information content (AvgIpc) is 2.57. The van der Waals surface area contributed by atoms with E-state index in [-0.39, 0.29) is 5.91 Å². The van der Waals surface area contributed by atoms with Gasteiger partial charge in [0.1, 0.15) is 11.1 Å². The second-order valence-corrected chi connectivity index (χ2v) is 6.77. The molecular weight excluding hydrogens is 282 g/mol. The zero-order valence-electron chi connectivity index (χ0n) is 12.2. The van der Waals surface area contributed by atoms with Crippen LogP contribution < -0.4 is 10.6 Å². The molecule has 1 amide bonds. The van der Waals surface area contributed by atoms with Gasteiger partial charge in [0, 0.05) is 23.5 Å². The van der Waals surface area contributed by atoms with Crippen LogP contribution in [0.5, 0.6) is 0 Å². The van der Waals surface area contributed by atoms with Crippen molar-refractivity contribution in [2.45, 2.75) is 39.0 Å². The smallest absolute Gasteiger partial charge is 0.251 e. The van der Waals surface area contributed by atoms with Crippen molar-refractivity contribution in [2.24, 2.45) is 0 Å². The molecule has 5 heteroatoms. The summed E-state index contributed by atoms with van der Waals surface area (Å²) in [6.45, 7) is 3.45. The Hall–Kier alpha value is -1.64. The first-order valence-corrected chi connectivity index (χ1v) is 8.27. The van der Waals surface area contributed by atoms with E-state index in [4.69, 9.17) is 0 Å². The molecule has 2 N–H and O–H groups in total. The maximum absolute atomic E-state index is 12.3. The highest BCUT2D eigenvalue weighted by atomic mass is 32.1. The van der Waals surface area contributed by atoms with E-state index < -0.39 is 0 Å². The van der Waals surface area contributed by atoms with Crippen molar-refractivity contribution in [2.75, 3.05) is 18.4 Å². The summed E-state index contributed by atoms with van der Waals surface area (Å²) in [7, 11) is 0. The van der Waals surface area contributed by atoms with E-state index in [2.05, 4.69) is 16.7 Å². The number of nitrogens with one attached hydrogen (secondary N) is 2. The van der Waals surface area contributed by atoms with E-state index in [0.717, 1.165) is 48.5 Å². The average molecular weight is 301 g/mol. The van der Waals surface area contributed by atoms with E-state index in [1.165, 1.54) is 23.3 Å². The van der Waals surface area contributed by atoms with Crippen LogP contribution in [0.2, 0.25) is 0 Å². The number of hydrogen-bond donors (Lipinski definition) is 2. The van der Waals surface area contributed by atoms with Gasteiger partial charge in [-0.05, 0) is 43.7 Å². The Morgan fingerprint density at radius 1 is 1.29 bits per heavy atom. The molecule has 2 aliphatic rings. The van der Waals surface area contributed by atoms with E-state index in [1.807, 2.05) is 6.92 Å². The molecule has 1 aromatic rings. The fraction of sp³-hybridized carbons (Fsp3) is 0.500. The van der Waals surface area contributed by atoms with Gasteiger partial charge in [0.15, 0.2) is 0 Å². The predicted octanol–water partition coefficient (Wildman–Crippen LogP) is 2.75. The number of rotatable bonds is 2. The first-order chi connectivity index (χ1) is 10.2. The third kappa shape index (κ3) is 2.74. The van der Waals surface area contributed by atoms with Gasteiger partial charge in [-0.3, -0.25) is 4.79 Å². The number of nitriles is 1. The molecule has 0 radical (unpaired) electrons. The zero-order valence-corrected chi connectivity index (χ0v) is 13.0. The van der Waals surface area contributed by atoms with Crippen LogP contribution in [0.3, 0.4) is 0 Å². The molecule has 1 aromatic heterocycles. The van der Waals surface area contributed by atoms with Gasteiger partial charge in [0.2, 0.25) is 0 Å². The van der Waals surface area contributed by atoms with Crippen LogP contribution >= 0.6 is 11.3 Å². The van der Waals surface area contributed by atoms with Crippen LogP contribution in [0.15, 0.2) is 11.1 Å². The number of fused-ring (bicyclic) bond motifs is 1. The highest BCUT2D eigenvalue weighted by molar-refractivity contribution is 7.16. The standard InChI is InChI=1S/C16H19N3OS/c1-10(11-8-18-9-11)15(20)19-16-13(7-17)12-5-3-2-4-6-14(12)21-16/h18H,2-6,8-9H2,1H3,(H,19,20). The lowest BCUT2D eigenvalue weighted by Gasteiger charge is -2.21. The van der Waals surface area contributed by atoms with Crippen molar-refractivity contribution < 1.29 is 4.79 Å². The normalized spacial score (nSPS) is 17.2. The Morgan fingerprint density at radius 2 is 2.05 bits per heavy atom. The van der Waals surface area contributed by atoms with Crippen molar-refractivity contribution >= 4 is 22.2 Å². The summed E-state index contributed by atoms with van der Waals surface area (Å²) in [4.78, 5) is 13.6. The number of amides is 1. The highest BCUT2D eigenvalue weighted by Gasteiger charge is 2.22. The number of nitrogens with zero attached hydrogens (tertiary/aromatic N) is 1. The largest absolute Gasteiger partial charge is 0.313 e. The van der Waals surface area contributed by atoms with Gasteiger partial charge >= 0.3 is 0 Å². The molecule has 0 unspecified atom stereocenters. The predicted molar refractivity (Wildman–Crippen MR) is 84.5 cm³/mol. The summed E-state index contributed by atoms with van der Waals surface area (Å²) in [6.07, 6.45) is 5.55. The van der Waals surface area contributed by atoms with Gasteiger partial charge in [-0.15, -0.1) is 11.3 Å². The second-order valence-electron chi connectivity index (χ2n) is 5.67. The van der Waals surface area contributed by atoms with Crippen LogP contribution in [-0.2, 0) is 17.6 Å². The Labute approximate surface area is 128 Å². The lowest BCUT2D eigenvalue weighted by atomic mass is 10.0. The number of thiophene rings is 1. The zero-order chi connectivity index (χ0) is 14.8. The minimum Gasteiger partial charge on any atom is -0.313 e. The highest BCUT2D eigenvalue weighted by Crippen LogP contribution is 2.37. The summed E-state index contributed by atoms with van der Waals surface area (Å²) < 4.78 is 0. The molecule has 1 aliphatic heterocycles. The molecule has 0 bridgehead atoms. The molecule has 1 aliphatic carbocycles. The Morgan fingerprint density at radius 3 is 2.71 bits per heavy atom. The number of aryl methyl sites for hydroxylation is 1. The van der Waals surface area contributed by atoms with E-state index in [1.54, 1.807) is 11.3 Å². The lowest BCUT2D eigenvalue weighted by Crippen LogP contribution is -2.36. The molecule has 3 rings (SSSR count). The number of carbonyl (C=O) groups is 1. The van der Waals surface area contributed by atoms with Gasteiger partial charge < -0.3 is 10.6 Å². The van der Waals surface area contributed by atoms with E-state index in [9.17, 15) is 10.1 Å². The second kappa shape index (κ2) is 6.00. The minimum atomic E-state index is -0.0700. The molecule has 0 saturated carbocycles. The van der Waals surface area contributed by atoms with Gasteiger partial charge in [0.25, 0.3) is 5.91 Å². The molecule has 21 heavy (non-hydrogen) atoms. The molecule has 4 nitrogen and oxygen atoms in total. The molecule has 0 spiro atoms. The monoisotopic (exact) mass is 301 g/mol. The SMILES string of the molecule is CC(C(=O)Nc1sc2c(c1C#N)CCCCC2)=C1CNC1. The van der Waals surface area contributed by atoms with Crippen molar-refractivity contribution in [3.05, 3.63) is 27.2 Å². The third-order valence-corrected chi connectivity index (χ3v) is 5.52. The molecular formula is C16H19N3OS. The van der Waals surface area contributed by atoms with Gasteiger partial charge in [-0.2, -0.15) is 5.26 Å². The van der Waals surface area contributed by atoms with Crippen molar-refractivity contribution in [3.63, 3.8) is 0 Å². The fourth-order valence-corrected chi connectivity index (χ4v) is 4.06. The fourth-order valence-electron chi connectivity index (χ4n) is 2.82. The first-order valence-electron chi connectivity index (χ1n) is 7.46. The molecule has 1 saturated heterocycles. The summed E-state index contributed by atoms with van der Waals surface area (Å²) in [5.74, 6) is -0.0700. The summed E-state index contributed by atoms with van der Waals surface area (Å²) in [5, 5.41) is 16.3. The molecule has 0 atom stereocenters. The quantitative estimate of drug-likeness (QED) is 0.652. The topological polar surface area (TPSA) is 64.9 Å². The Bertz CT molecular complexity index is 645. The van der Waals surface area contributed by atoms with Crippen molar-refractivity contribution in [1.82, 2.24) is 5.32 Å². The Balaban J connectivity index is 1.86. The minimum absolute atomic E-state index is 0.0700. The van der Waals surface area contributed by atoms with E-state index >= 15 is 0 Å². The molecule has 110 valence electrons. The maximum atomic E-state index is 12.3. The summed E-state index contributed by atoms with van der Waals surface area (Å²) in [5.41, 5.74) is 3.80. The molecule has 2 heterocycles. The van der Waals surface area contributed by atoms with Gasteiger partial charge in [-0.25, -0.2) is 0 Å².